The zero-order valence-corrected chi connectivity index (χ0v) is 16.1. The van der Waals surface area contributed by atoms with Gasteiger partial charge in [0.15, 0.2) is 0 Å². The van der Waals surface area contributed by atoms with Gasteiger partial charge in [0, 0.05) is 17.1 Å². The van der Waals surface area contributed by atoms with Crippen LogP contribution in [-0.2, 0) is 14.8 Å². The Bertz CT molecular complexity index is 837. The van der Waals surface area contributed by atoms with Gasteiger partial charge < -0.3 is 5.32 Å². The molecule has 1 amide bonds. The second-order valence-electron chi connectivity index (χ2n) is 5.56. The molecule has 0 heterocycles. The Labute approximate surface area is 157 Å². The minimum Gasteiger partial charge on any atom is -0.348 e. The molecule has 1 N–H and O–H groups in total. The molecule has 0 aliphatic carbocycles. The predicted octanol–water partition coefficient (Wildman–Crippen LogP) is 3.49. The Morgan fingerprint density at radius 3 is 2.04 bits per heavy atom. The summed E-state index contributed by atoms with van der Waals surface area (Å²) in [5, 5.41) is 3.82. The van der Waals surface area contributed by atoms with Gasteiger partial charge in [-0.1, -0.05) is 35.3 Å². The van der Waals surface area contributed by atoms with Crippen LogP contribution in [0.4, 0.5) is 0 Å². The molecule has 0 aliphatic rings. The van der Waals surface area contributed by atoms with Crippen LogP contribution in [-0.4, -0.2) is 32.2 Å². The largest absolute Gasteiger partial charge is 0.348 e. The van der Waals surface area contributed by atoms with E-state index in [-0.39, 0.29) is 17.5 Å². The molecule has 1 atom stereocenters. The first-order valence-electron chi connectivity index (χ1n) is 7.47. The van der Waals surface area contributed by atoms with E-state index in [1.807, 2.05) is 6.92 Å². The Hall–Kier alpha value is -1.60. The van der Waals surface area contributed by atoms with Crippen molar-refractivity contribution in [3.05, 3.63) is 64.1 Å². The van der Waals surface area contributed by atoms with Crippen molar-refractivity contribution in [1.29, 1.82) is 0 Å². The van der Waals surface area contributed by atoms with Crippen LogP contribution >= 0.6 is 23.2 Å². The lowest BCUT2D eigenvalue weighted by atomic mass is 10.1. The third-order valence-electron chi connectivity index (χ3n) is 3.64. The minimum absolute atomic E-state index is 0.0814. The van der Waals surface area contributed by atoms with E-state index < -0.39 is 15.9 Å². The molecule has 0 saturated carbocycles. The third kappa shape index (κ3) is 5.19. The van der Waals surface area contributed by atoms with Gasteiger partial charge in [-0.3, -0.25) is 4.79 Å². The summed E-state index contributed by atoms with van der Waals surface area (Å²) >= 11 is 11.6. The quantitative estimate of drug-likeness (QED) is 0.806. The van der Waals surface area contributed by atoms with Gasteiger partial charge in [-0.25, -0.2) is 8.42 Å². The SMILES string of the molecule is C[C@H](NC(=O)CN(C)S(=O)(=O)c1ccc(Cl)cc1)c1ccc(Cl)cc1. The second kappa shape index (κ2) is 8.19. The highest BCUT2D eigenvalue weighted by Crippen LogP contribution is 2.18. The van der Waals surface area contributed by atoms with Crippen molar-refractivity contribution in [1.82, 2.24) is 9.62 Å². The maximum absolute atomic E-state index is 12.5. The van der Waals surface area contributed by atoms with E-state index in [1.54, 1.807) is 24.3 Å². The van der Waals surface area contributed by atoms with Crippen molar-refractivity contribution in [3.8, 4) is 0 Å². The molecule has 0 aliphatic heterocycles. The summed E-state index contributed by atoms with van der Waals surface area (Å²) in [6.07, 6.45) is 0. The van der Waals surface area contributed by atoms with Crippen LogP contribution in [0, 0.1) is 0 Å². The number of rotatable bonds is 6. The molecular weight excluding hydrogens is 383 g/mol. The summed E-state index contributed by atoms with van der Waals surface area (Å²) < 4.78 is 25.9. The zero-order chi connectivity index (χ0) is 18.6. The molecule has 8 heteroatoms. The molecule has 5 nitrogen and oxygen atoms in total. The van der Waals surface area contributed by atoms with Gasteiger partial charge in [0.1, 0.15) is 0 Å². The lowest BCUT2D eigenvalue weighted by Gasteiger charge is -2.19. The summed E-state index contributed by atoms with van der Waals surface area (Å²) in [6.45, 7) is 1.53. The first-order valence-corrected chi connectivity index (χ1v) is 9.66. The molecule has 0 bridgehead atoms. The average Bonchev–Trinajstić information content (AvgIpc) is 2.55. The van der Waals surface area contributed by atoms with Crippen molar-refractivity contribution in [2.75, 3.05) is 13.6 Å². The summed E-state index contributed by atoms with van der Waals surface area (Å²) in [5.74, 6) is -0.400. The average molecular weight is 401 g/mol. The maximum Gasteiger partial charge on any atom is 0.243 e. The van der Waals surface area contributed by atoms with Crippen LogP contribution in [0.5, 0.6) is 0 Å². The van der Waals surface area contributed by atoms with Crippen LogP contribution in [0.25, 0.3) is 0 Å². The smallest absolute Gasteiger partial charge is 0.243 e. The number of amides is 1. The maximum atomic E-state index is 12.5. The highest BCUT2D eigenvalue weighted by molar-refractivity contribution is 7.89. The number of likely N-dealkylation sites (N-methyl/N-ethyl adjacent to an activating group) is 1. The monoisotopic (exact) mass is 400 g/mol. The Morgan fingerprint density at radius 1 is 1.04 bits per heavy atom. The number of nitrogens with one attached hydrogen (secondary N) is 1. The normalized spacial score (nSPS) is 12.8. The van der Waals surface area contributed by atoms with Crippen molar-refractivity contribution in [3.63, 3.8) is 0 Å². The highest BCUT2D eigenvalue weighted by Gasteiger charge is 2.23. The predicted molar refractivity (Wildman–Crippen MR) is 99.3 cm³/mol. The number of hydrogen-bond acceptors (Lipinski definition) is 3. The highest BCUT2D eigenvalue weighted by atomic mass is 35.5. The number of benzene rings is 2. The summed E-state index contributed by atoms with van der Waals surface area (Å²) in [7, 11) is -2.40. The van der Waals surface area contributed by atoms with E-state index in [0.29, 0.717) is 10.0 Å². The van der Waals surface area contributed by atoms with Crippen LogP contribution in [0.15, 0.2) is 53.4 Å². The first-order chi connectivity index (χ1) is 11.7. The fourth-order valence-electron chi connectivity index (χ4n) is 2.20. The van der Waals surface area contributed by atoms with E-state index in [2.05, 4.69) is 5.32 Å². The molecule has 2 aromatic carbocycles. The molecule has 0 spiro atoms. The lowest BCUT2D eigenvalue weighted by molar-refractivity contribution is -0.121. The van der Waals surface area contributed by atoms with Gasteiger partial charge in [0.25, 0.3) is 0 Å². The zero-order valence-electron chi connectivity index (χ0n) is 13.7. The van der Waals surface area contributed by atoms with E-state index in [4.69, 9.17) is 23.2 Å². The van der Waals surface area contributed by atoms with E-state index in [9.17, 15) is 13.2 Å². The molecule has 0 aromatic heterocycles. The molecule has 0 radical (unpaired) electrons. The van der Waals surface area contributed by atoms with Crippen LogP contribution < -0.4 is 5.32 Å². The molecular formula is C17H18Cl2N2O3S. The van der Waals surface area contributed by atoms with Gasteiger partial charge in [-0.15, -0.1) is 0 Å². The van der Waals surface area contributed by atoms with Crippen molar-refractivity contribution in [2.45, 2.75) is 17.9 Å². The standard InChI is InChI=1S/C17H18Cl2N2O3S/c1-12(13-3-5-14(18)6-4-13)20-17(22)11-21(2)25(23,24)16-9-7-15(19)8-10-16/h3-10,12H,11H2,1-2H3,(H,20,22)/t12-/m0/s1. The van der Waals surface area contributed by atoms with E-state index in [0.717, 1.165) is 9.87 Å². The number of carbonyl (C=O) groups is 1. The number of hydrogen-bond donors (Lipinski definition) is 1. The topological polar surface area (TPSA) is 66.5 Å². The Morgan fingerprint density at radius 2 is 1.52 bits per heavy atom. The van der Waals surface area contributed by atoms with Crippen molar-refractivity contribution in [2.24, 2.45) is 0 Å². The Kier molecular flexibility index (Phi) is 6.46. The van der Waals surface area contributed by atoms with Crippen LogP contribution in [0.3, 0.4) is 0 Å². The van der Waals surface area contributed by atoms with Gasteiger partial charge >= 0.3 is 0 Å². The van der Waals surface area contributed by atoms with Gasteiger partial charge in [-0.2, -0.15) is 4.31 Å². The molecule has 134 valence electrons. The first kappa shape index (κ1) is 19.7. The minimum atomic E-state index is -3.76. The third-order valence-corrected chi connectivity index (χ3v) is 5.96. The molecule has 25 heavy (non-hydrogen) atoms. The number of sulfonamides is 1. The number of carbonyl (C=O) groups excluding carboxylic acids is 1. The van der Waals surface area contributed by atoms with Crippen molar-refractivity contribution < 1.29 is 13.2 Å². The number of nitrogens with zero attached hydrogens (tertiary/aromatic N) is 1. The van der Waals surface area contributed by atoms with Crippen molar-refractivity contribution >= 4 is 39.1 Å². The van der Waals surface area contributed by atoms with Gasteiger partial charge in [0.05, 0.1) is 17.5 Å². The fourth-order valence-corrected chi connectivity index (χ4v) is 3.57. The fraction of sp³-hybridized carbons (Fsp3) is 0.235. The second-order valence-corrected chi connectivity index (χ2v) is 8.47. The molecule has 0 saturated heterocycles. The summed E-state index contributed by atoms with van der Waals surface area (Å²) in [5.41, 5.74) is 0.876. The number of halogens is 2. The molecule has 2 aromatic rings. The summed E-state index contributed by atoms with van der Waals surface area (Å²) in [6, 6.07) is 12.6. The van der Waals surface area contributed by atoms with E-state index >= 15 is 0 Å². The molecule has 2 rings (SSSR count). The summed E-state index contributed by atoms with van der Waals surface area (Å²) in [4.78, 5) is 12.3. The Balaban J connectivity index is 2.01. The van der Waals surface area contributed by atoms with Crippen LogP contribution in [0.1, 0.15) is 18.5 Å². The van der Waals surface area contributed by atoms with Gasteiger partial charge in [-0.05, 0) is 48.9 Å². The van der Waals surface area contributed by atoms with Crippen LogP contribution in [0.2, 0.25) is 10.0 Å². The molecule has 0 fully saturated rings. The lowest BCUT2D eigenvalue weighted by Crippen LogP contribution is -2.39. The van der Waals surface area contributed by atoms with E-state index in [1.165, 1.54) is 31.3 Å². The van der Waals surface area contributed by atoms with Gasteiger partial charge in [0.2, 0.25) is 15.9 Å². The molecule has 0 unspecified atom stereocenters.